The molecule has 0 atom stereocenters. The minimum Gasteiger partial charge on any atom is -0.507 e. The number of carbonyl (C=O) groups is 1. The minimum atomic E-state index is -0.551. The van der Waals surface area contributed by atoms with Gasteiger partial charge in [0.15, 0.2) is 0 Å². The third-order valence-electron chi connectivity index (χ3n) is 3.44. The van der Waals surface area contributed by atoms with Crippen LogP contribution in [0.3, 0.4) is 0 Å². The monoisotopic (exact) mass is 237 g/mol. The smallest absolute Gasteiger partial charge is 0.255 e. The van der Waals surface area contributed by atoms with Gasteiger partial charge in [0.2, 0.25) is 0 Å². The van der Waals surface area contributed by atoms with Gasteiger partial charge >= 0.3 is 0 Å². The number of phenolic OH excluding ortho intramolecular Hbond substituents is 1. The van der Waals surface area contributed by atoms with Crippen molar-refractivity contribution in [3.8, 4) is 5.75 Å². The highest BCUT2D eigenvalue weighted by molar-refractivity contribution is 5.96. The summed E-state index contributed by atoms with van der Waals surface area (Å²) in [6, 6.07) is 3.41. The first kappa shape index (κ1) is 11.9. The van der Waals surface area contributed by atoms with E-state index in [1.165, 1.54) is 18.6 Å². The van der Waals surface area contributed by atoms with Crippen LogP contribution >= 0.6 is 0 Å². The molecule has 2 rings (SSSR count). The van der Waals surface area contributed by atoms with Gasteiger partial charge in [0.1, 0.15) is 11.6 Å². The summed E-state index contributed by atoms with van der Waals surface area (Å²) in [6.45, 7) is 2.73. The fourth-order valence-electron chi connectivity index (χ4n) is 2.04. The zero-order valence-corrected chi connectivity index (χ0v) is 9.79. The van der Waals surface area contributed by atoms with Crippen molar-refractivity contribution in [1.29, 1.82) is 0 Å². The topological polar surface area (TPSA) is 49.3 Å². The summed E-state index contributed by atoms with van der Waals surface area (Å²) in [5.41, 5.74) is 0.306. The highest BCUT2D eigenvalue weighted by Crippen LogP contribution is 2.39. The number of aromatic hydroxyl groups is 1. The van der Waals surface area contributed by atoms with E-state index >= 15 is 0 Å². The van der Waals surface area contributed by atoms with Gasteiger partial charge in [0.25, 0.3) is 5.91 Å². The molecule has 1 aliphatic rings. The van der Waals surface area contributed by atoms with E-state index in [1.54, 1.807) is 0 Å². The zero-order valence-electron chi connectivity index (χ0n) is 9.79. The van der Waals surface area contributed by atoms with Gasteiger partial charge in [-0.1, -0.05) is 13.3 Å². The van der Waals surface area contributed by atoms with Gasteiger partial charge in [0.05, 0.1) is 5.56 Å². The summed E-state index contributed by atoms with van der Waals surface area (Å²) in [6.07, 6.45) is 3.43. The van der Waals surface area contributed by atoms with E-state index in [0.717, 1.165) is 18.9 Å². The molecule has 1 aliphatic carbocycles. The van der Waals surface area contributed by atoms with E-state index in [4.69, 9.17) is 0 Å². The van der Waals surface area contributed by atoms with Gasteiger partial charge in [-0.2, -0.15) is 0 Å². The molecular weight excluding hydrogens is 221 g/mol. The fourth-order valence-corrected chi connectivity index (χ4v) is 2.04. The number of halogens is 1. The highest BCUT2D eigenvalue weighted by atomic mass is 19.1. The predicted molar refractivity (Wildman–Crippen MR) is 62.4 cm³/mol. The lowest BCUT2D eigenvalue weighted by Gasteiger charge is -2.38. The molecule has 0 heterocycles. The minimum absolute atomic E-state index is 0.120. The van der Waals surface area contributed by atoms with E-state index < -0.39 is 5.82 Å². The number of phenols is 1. The van der Waals surface area contributed by atoms with Crippen LogP contribution in [0.2, 0.25) is 0 Å². The Hall–Kier alpha value is -1.58. The first-order valence-electron chi connectivity index (χ1n) is 5.77. The summed E-state index contributed by atoms with van der Waals surface area (Å²) in [4.78, 5) is 11.8. The Balaban J connectivity index is 1.99. The first-order valence-corrected chi connectivity index (χ1v) is 5.77. The van der Waals surface area contributed by atoms with Crippen LogP contribution in [0.1, 0.15) is 36.5 Å². The molecule has 0 unspecified atom stereocenters. The molecule has 0 aliphatic heterocycles. The predicted octanol–water partition coefficient (Wildman–Crippen LogP) is 2.45. The number of hydrogen-bond donors (Lipinski definition) is 2. The maximum absolute atomic E-state index is 12.8. The lowest BCUT2D eigenvalue weighted by atomic mass is 9.70. The summed E-state index contributed by atoms with van der Waals surface area (Å²) in [7, 11) is 0. The number of nitrogens with one attached hydrogen (secondary N) is 1. The molecular formula is C13H16FNO2. The largest absolute Gasteiger partial charge is 0.507 e. The van der Waals surface area contributed by atoms with Crippen LogP contribution in [0.5, 0.6) is 5.75 Å². The Labute approximate surface area is 99.7 Å². The Bertz CT molecular complexity index is 441. The summed E-state index contributed by atoms with van der Waals surface area (Å²) < 4.78 is 12.8. The molecule has 1 aromatic rings. The number of amides is 1. The van der Waals surface area contributed by atoms with Gasteiger partial charge < -0.3 is 10.4 Å². The van der Waals surface area contributed by atoms with Crippen molar-refractivity contribution in [2.75, 3.05) is 6.54 Å². The molecule has 0 radical (unpaired) electrons. The molecule has 1 aromatic carbocycles. The summed E-state index contributed by atoms with van der Waals surface area (Å²) in [5, 5.41) is 12.2. The summed E-state index contributed by atoms with van der Waals surface area (Å²) in [5.74, 6) is -1.22. The number of rotatable bonds is 3. The van der Waals surface area contributed by atoms with Crippen molar-refractivity contribution in [2.24, 2.45) is 5.41 Å². The van der Waals surface area contributed by atoms with Crippen molar-refractivity contribution >= 4 is 5.91 Å². The van der Waals surface area contributed by atoms with E-state index in [-0.39, 0.29) is 22.6 Å². The standard InChI is InChI=1S/C13H16FNO2/c1-13(5-2-6-13)8-15-12(17)10-4-3-9(14)7-11(10)16/h3-4,7,16H,2,5-6,8H2,1H3,(H,15,17). The van der Waals surface area contributed by atoms with Crippen molar-refractivity contribution in [1.82, 2.24) is 5.32 Å². The molecule has 1 saturated carbocycles. The van der Waals surface area contributed by atoms with Crippen LogP contribution in [0.15, 0.2) is 18.2 Å². The lowest BCUT2D eigenvalue weighted by Crippen LogP contribution is -2.39. The van der Waals surface area contributed by atoms with Gasteiger partial charge in [-0.25, -0.2) is 4.39 Å². The fraction of sp³-hybridized carbons (Fsp3) is 0.462. The molecule has 0 aromatic heterocycles. The van der Waals surface area contributed by atoms with Gasteiger partial charge in [-0.05, 0) is 30.4 Å². The third kappa shape index (κ3) is 2.57. The highest BCUT2D eigenvalue weighted by Gasteiger charge is 2.32. The lowest BCUT2D eigenvalue weighted by molar-refractivity contribution is 0.0888. The van der Waals surface area contributed by atoms with Crippen LogP contribution in [-0.2, 0) is 0 Å². The van der Waals surface area contributed by atoms with Crippen LogP contribution in [0.4, 0.5) is 4.39 Å². The second-order valence-electron chi connectivity index (χ2n) is 5.01. The molecule has 0 bridgehead atoms. The Morgan fingerprint density at radius 1 is 1.53 bits per heavy atom. The van der Waals surface area contributed by atoms with Crippen molar-refractivity contribution < 1.29 is 14.3 Å². The van der Waals surface area contributed by atoms with Crippen LogP contribution < -0.4 is 5.32 Å². The SMILES string of the molecule is CC1(CNC(=O)c2ccc(F)cc2O)CCC1. The van der Waals surface area contributed by atoms with E-state index in [2.05, 4.69) is 12.2 Å². The van der Waals surface area contributed by atoms with Crippen molar-refractivity contribution in [2.45, 2.75) is 26.2 Å². The molecule has 0 saturated heterocycles. The molecule has 1 amide bonds. The Morgan fingerprint density at radius 2 is 2.24 bits per heavy atom. The van der Waals surface area contributed by atoms with Gasteiger partial charge in [-0.3, -0.25) is 4.79 Å². The number of carbonyl (C=O) groups excluding carboxylic acids is 1. The summed E-state index contributed by atoms with van der Waals surface area (Å²) >= 11 is 0. The Kier molecular flexibility index (Phi) is 3.05. The van der Waals surface area contributed by atoms with Crippen molar-refractivity contribution in [3.05, 3.63) is 29.6 Å². The third-order valence-corrected chi connectivity index (χ3v) is 3.44. The van der Waals surface area contributed by atoms with Crippen LogP contribution in [0.25, 0.3) is 0 Å². The molecule has 4 heteroatoms. The molecule has 92 valence electrons. The Morgan fingerprint density at radius 3 is 2.76 bits per heavy atom. The average Bonchev–Trinajstić information content (AvgIpc) is 2.23. The second kappa shape index (κ2) is 4.35. The quantitative estimate of drug-likeness (QED) is 0.848. The van der Waals surface area contributed by atoms with Crippen LogP contribution in [-0.4, -0.2) is 17.6 Å². The van der Waals surface area contributed by atoms with Crippen LogP contribution in [0, 0.1) is 11.2 Å². The zero-order chi connectivity index (χ0) is 12.5. The molecule has 17 heavy (non-hydrogen) atoms. The maximum atomic E-state index is 12.8. The first-order chi connectivity index (χ1) is 8.00. The number of benzene rings is 1. The van der Waals surface area contributed by atoms with Gasteiger partial charge in [0, 0.05) is 12.6 Å². The molecule has 0 spiro atoms. The second-order valence-corrected chi connectivity index (χ2v) is 5.01. The normalized spacial score (nSPS) is 17.3. The average molecular weight is 237 g/mol. The molecule has 2 N–H and O–H groups in total. The van der Waals surface area contributed by atoms with Crippen molar-refractivity contribution in [3.63, 3.8) is 0 Å². The van der Waals surface area contributed by atoms with E-state index in [9.17, 15) is 14.3 Å². The van der Waals surface area contributed by atoms with E-state index in [0.29, 0.717) is 6.54 Å². The van der Waals surface area contributed by atoms with E-state index in [1.807, 2.05) is 0 Å². The number of hydrogen-bond acceptors (Lipinski definition) is 2. The van der Waals surface area contributed by atoms with Gasteiger partial charge in [-0.15, -0.1) is 0 Å². The molecule has 3 nitrogen and oxygen atoms in total. The maximum Gasteiger partial charge on any atom is 0.255 e. The molecule has 1 fully saturated rings.